The quantitative estimate of drug-likeness (QED) is 0.895. The van der Waals surface area contributed by atoms with E-state index < -0.39 is 6.09 Å². The second-order valence-electron chi connectivity index (χ2n) is 2.93. The fraction of sp³-hybridized carbons (Fsp3) is 0.300. The molecule has 0 saturated heterocycles. The number of benzene rings is 1. The lowest BCUT2D eigenvalue weighted by molar-refractivity contribution is 0.168. The van der Waals surface area contributed by atoms with Gasteiger partial charge >= 0.3 is 6.09 Å². The zero-order valence-corrected chi connectivity index (χ0v) is 10.8. The molecule has 1 rings (SSSR count). The zero-order valence-electron chi connectivity index (χ0n) is 8.43. The van der Waals surface area contributed by atoms with Gasteiger partial charge in [0, 0.05) is 9.50 Å². The molecule has 0 bridgehead atoms. The molecule has 0 unspecified atom stereocenters. The van der Waals surface area contributed by atoms with Crippen LogP contribution in [0.4, 0.5) is 10.5 Å². The van der Waals surface area contributed by atoms with E-state index in [-0.39, 0.29) is 0 Å². The molecule has 1 amide bonds. The normalized spacial score (nSPS) is 9.87. The van der Waals surface area contributed by atoms with Gasteiger partial charge in [-0.25, -0.2) is 4.79 Å². The topological polar surface area (TPSA) is 38.3 Å². The molecule has 0 saturated carbocycles. The number of nitrogens with one attached hydrogen (secondary N) is 1. The van der Waals surface area contributed by atoms with E-state index in [4.69, 9.17) is 16.3 Å². The first kappa shape index (κ1) is 12.3. The number of anilines is 1. The molecule has 0 spiro atoms. The Morgan fingerprint density at radius 3 is 2.87 bits per heavy atom. The van der Waals surface area contributed by atoms with E-state index in [9.17, 15) is 4.79 Å². The Morgan fingerprint density at radius 2 is 2.27 bits per heavy atom. The third kappa shape index (κ3) is 3.39. The summed E-state index contributed by atoms with van der Waals surface area (Å²) in [6.07, 6.45) is -0.488. The number of rotatable bonds is 2. The minimum absolute atomic E-state index is 0.336. The molecule has 0 aliphatic carbocycles. The van der Waals surface area contributed by atoms with Crippen LogP contribution in [0.2, 0.25) is 5.02 Å². The van der Waals surface area contributed by atoms with Crippen molar-refractivity contribution in [2.45, 2.75) is 13.8 Å². The molecule has 0 aromatic heterocycles. The number of amides is 1. The molecule has 1 aromatic carbocycles. The fourth-order valence-electron chi connectivity index (χ4n) is 1.02. The van der Waals surface area contributed by atoms with E-state index in [0.29, 0.717) is 17.3 Å². The minimum Gasteiger partial charge on any atom is -0.450 e. The molecule has 5 heteroatoms. The van der Waals surface area contributed by atoms with E-state index in [2.05, 4.69) is 21.2 Å². The standard InChI is InChI=1S/C10H11BrClNO2/c1-3-15-10(14)13-9-5-8(12)6(2)4-7(9)11/h4-5H,3H2,1-2H3,(H,13,14). The summed E-state index contributed by atoms with van der Waals surface area (Å²) < 4.78 is 5.53. The van der Waals surface area contributed by atoms with Crippen molar-refractivity contribution in [3.05, 3.63) is 27.2 Å². The van der Waals surface area contributed by atoms with E-state index in [0.717, 1.165) is 10.0 Å². The van der Waals surface area contributed by atoms with Gasteiger partial charge in [0.2, 0.25) is 0 Å². The molecule has 0 radical (unpaired) electrons. The Balaban J connectivity index is 2.86. The highest BCUT2D eigenvalue weighted by molar-refractivity contribution is 9.10. The Kier molecular flexibility index (Phi) is 4.42. The zero-order chi connectivity index (χ0) is 11.4. The average molecular weight is 293 g/mol. The maximum atomic E-state index is 11.2. The van der Waals surface area contributed by atoms with Crippen LogP contribution in [0.3, 0.4) is 0 Å². The van der Waals surface area contributed by atoms with Crippen LogP contribution in [0.5, 0.6) is 0 Å². The minimum atomic E-state index is -0.488. The number of hydrogen-bond donors (Lipinski definition) is 1. The van der Waals surface area contributed by atoms with Crippen LogP contribution < -0.4 is 5.32 Å². The lowest BCUT2D eigenvalue weighted by Gasteiger charge is -2.09. The highest BCUT2D eigenvalue weighted by Gasteiger charge is 2.08. The van der Waals surface area contributed by atoms with Gasteiger partial charge in [-0.15, -0.1) is 0 Å². The van der Waals surface area contributed by atoms with Crippen LogP contribution in [0.15, 0.2) is 16.6 Å². The largest absolute Gasteiger partial charge is 0.450 e. The maximum absolute atomic E-state index is 11.2. The van der Waals surface area contributed by atoms with Gasteiger partial charge in [-0.2, -0.15) is 0 Å². The predicted molar refractivity (Wildman–Crippen MR) is 64.5 cm³/mol. The van der Waals surface area contributed by atoms with Gasteiger partial charge in [-0.1, -0.05) is 11.6 Å². The smallest absolute Gasteiger partial charge is 0.411 e. The number of halogens is 2. The van der Waals surface area contributed by atoms with Crippen molar-refractivity contribution in [2.75, 3.05) is 11.9 Å². The molecule has 0 atom stereocenters. The van der Waals surface area contributed by atoms with E-state index >= 15 is 0 Å². The fourth-order valence-corrected chi connectivity index (χ4v) is 1.74. The van der Waals surface area contributed by atoms with Gasteiger partial charge < -0.3 is 4.74 Å². The molecule has 82 valence electrons. The number of carbonyl (C=O) groups excluding carboxylic acids is 1. The first-order valence-electron chi connectivity index (χ1n) is 4.44. The monoisotopic (exact) mass is 291 g/mol. The summed E-state index contributed by atoms with van der Waals surface area (Å²) in [6.45, 7) is 3.97. The Labute approximate surface area is 102 Å². The van der Waals surface area contributed by atoms with Crippen LogP contribution in [0.25, 0.3) is 0 Å². The Hall–Kier alpha value is -0.740. The lowest BCUT2D eigenvalue weighted by Crippen LogP contribution is -2.13. The Bertz CT molecular complexity index is 382. The number of aryl methyl sites for hydroxylation is 1. The highest BCUT2D eigenvalue weighted by atomic mass is 79.9. The van der Waals surface area contributed by atoms with Crippen LogP contribution in [-0.4, -0.2) is 12.7 Å². The van der Waals surface area contributed by atoms with Gasteiger partial charge in [0.05, 0.1) is 12.3 Å². The highest BCUT2D eigenvalue weighted by Crippen LogP contribution is 2.29. The summed E-state index contributed by atoms with van der Waals surface area (Å²) in [5.41, 5.74) is 1.54. The summed E-state index contributed by atoms with van der Waals surface area (Å²) in [7, 11) is 0. The first-order valence-corrected chi connectivity index (χ1v) is 5.61. The number of carbonyl (C=O) groups is 1. The molecular weight excluding hydrogens is 281 g/mol. The van der Waals surface area contributed by atoms with Crippen molar-refractivity contribution in [2.24, 2.45) is 0 Å². The van der Waals surface area contributed by atoms with E-state index in [1.165, 1.54) is 0 Å². The van der Waals surface area contributed by atoms with Crippen molar-refractivity contribution >= 4 is 39.3 Å². The van der Waals surface area contributed by atoms with Gasteiger partial charge in [-0.05, 0) is 47.5 Å². The molecule has 0 heterocycles. The van der Waals surface area contributed by atoms with Crippen LogP contribution in [0, 0.1) is 6.92 Å². The summed E-state index contributed by atoms with van der Waals surface area (Å²) in [5.74, 6) is 0. The second-order valence-corrected chi connectivity index (χ2v) is 4.19. The second kappa shape index (κ2) is 5.37. The Morgan fingerprint density at radius 1 is 1.60 bits per heavy atom. The molecule has 1 aromatic rings. The third-order valence-electron chi connectivity index (χ3n) is 1.76. The van der Waals surface area contributed by atoms with Crippen molar-refractivity contribution < 1.29 is 9.53 Å². The summed E-state index contributed by atoms with van der Waals surface area (Å²) >= 11 is 9.27. The molecule has 0 aliphatic rings. The summed E-state index contributed by atoms with van der Waals surface area (Å²) in [6, 6.07) is 3.52. The van der Waals surface area contributed by atoms with Crippen molar-refractivity contribution in [1.82, 2.24) is 0 Å². The van der Waals surface area contributed by atoms with Gasteiger partial charge in [0.25, 0.3) is 0 Å². The lowest BCUT2D eigenvalue weighted by atomic mass is 10.2. The average Bonchev–Trinajstić information content (AvgIpc) is 2.14. The van der Waals surface area contributed by atoms with Crippen molar-refractivity contribution in [3.8, 4) is 0 Å². The van der Waals surface area contributed by atoms with Gasteiger partial charge in [0.1, 0.15) is 0 Å². The SMILES string of the molecule is CCOC(=O)Nc1cc(Cl)c(C)cc1Br. The molecule has 1 N–H and O–H groups in total. The predicted octanol–water partition coefficient (Wildman–Crippen LogP) is 3.98. The summed E-state index contributed by atoms with van der Waals surface area (Å²) in [4.78, 5) is 11.2. The maximum Gasteiger partial charge on any atom is 0.411 e. The van der Waals surface area contributed by atoms with Crippen molar-refractivity contribution in [1.29, 1.82) is 0 Å². The summed E-state index contributed by atoms with van der Waals surface area (Å²) in [5, 5.41) is 3.19. The van der Waals surface area contributed by atoms with Crippen LogP contribution in [-0.2, 0) is 4.74 Å². The number of hydrogen-bond acceptors (Lipinski definition) is 2. The molecule has 15 heavy (non-hydrogen) atoms. The van der Waals surface area contributed by atoms with Gasteiger partial charge in [0.15, 0.2) is 0 Å². The van der Waals surface area contributed by atoms with Crippen molar-refractivity contribution in [3.63, 3.8) is 0 Å². The van der Waals surface area contributed by atoms with E-state index in [1.807, 2.05) is 13.0 Å². The molecule has 0 aliphatic heterocycles. The van der Waals surface area contributed by atoms with E-state index in [1.54, 1.807) is 13.0 Å². The third-order valence-corrected chi connectivity index (χ3v) is 2.82. The number of ether oxygens (including phenoxy) is 1. The van der Waals surface area contributed by atoms with Crippen LogP contribution in [0.1, 0.15) is 12.5 Å². The molecular formula is C10H11BrClNO2. The van der Waals surface area contributed by atoms with Gasteiger partial charge in [-0.3, -0.25) is 5.32 Å². The first-order chi connectivity index (χ1) is 7.04. The molecule has 0 fully saturated rings. The van der Waals surface area contributed by atoms with Crippen LogP contribution >= 0.6 is 27.5 Å². The molecule has 3 nitrogen and oxygen atoms in total.